The van der Waals surface area contributed by atoms with Crippen molar-refractivity contribution in [2.24, 2.45) is 0 Å². The summed E-state index contributed by atoms with van der Waals surface area (Å²) in [4.78, 5) is 2.43. The smallest absolute Gasteiger partial charge is 0.0366 e. The number of hydrogen-bond donors (Lipinski definition) is 1. The van der Waals surface area contributed by atoms with Crippen LogP contribution in [0.2, 0.25) is 0 Å². The van der Waals surface area contributed by atoms with Crippen LogP contribution in [-0.2, 0) is 0 Å². The monoisotopic (exact) mass is 248 g/mol. The third-order valence-electron chi connectivity index (χ3n) is 3.39. The Morgan fingerprint density at radius 2 is 1.72 bits per heavy atom. The van der Waals surface area contributed by atoms with Gasteiger partial charge in [-0.25, -0.2) is 0 Å². The van der Waals surface area contributed by atoms with Gasteiger partial charge >= 0.3 is 0 Å². The Balaban J connectivity index is 2.77. The molecule has 0 saturated heterocycles. The first-order chi connectivity index (χ1) is 8.76. The second-order valence-corrected chi connectivity index (χ2v) is 4.69. The van der Waals surface area contributed by atoms with Crippen LogP contribution in [0.4, 0.5) is 5.69 Å². The maximum absolute atomic E-state index is 3.52. The Bertz CT molecular complexity index is 285. The lowest BCUT2D eigenvalue weighted by Gasteiger charge is -2.23. The Morgan fingerprint density at radius 3 is 2.17 bits per heavy atom. The molecule has 2 heteroatoms. The second-order valence-electron chi connectivity index (χ2n) is 4.69. The molecule has 0 fully saturated rings. The van der Waals surface area contributed by atoms with Crippen LogP contribution in [0.1, 0.15) is 52.1 Å². The van der Waals surface area contributed by atoms with E-state index in [0.29, 0.717) is 6.04 Å². The van der Waals surface area contributed by atoms with Crippen molar-refractivity contribution in [1.82, 2.24) is 5.32 Å². The minimum absolute atomic E-state index is 0.491. The molecule has 1 aromatic rings. The largest absolute Gasteiger partial charge is 0.372 e. The number of rotatable bonds is 8. The van der Waals surface area contributed by atoms with Crippen molar-refractivity contribution in [2.45, 2.75) is 46.6 Å². The van der Waals surface area contributed by atoms with Crippen molar-refractivity contribution >= 4 is 5.69 Å². The van der Waals surface area contributed by atoms with Crippen LogP contribution in [0.15, 0.2) is 24.3 Å². The van der Waals surface area contributed by atoms with Gasteiger partial charge in [0.15, 0.2) is 0 Å². The minimum Gasteiger partial charge on any atom is -0.372 e. The maximum atomic E-state index is 3.52. The SMILES string of the molecule is CCCN(CC)c1ccc(C(CC)NCC)cc1. The molecule has 1 N–H and O–H groups in total. The topological polar surface area (TPSA) is 15.3 Å². The number of anilines is 1. The first-order valence-corrected chi connectivity index (χ1v) is 7.35. The molecule has 0 radical (unpaired) electrons. The average molecular weight is 248 g/mol. The number of hydrogen-bond acceptors (Lipinski definition) is 2. The zero-order chi connectivity index (χ0) is 13.4. The summed E-state index contributed by atoms with van der Waals surface area (Å²) < 4.78 is 0. The van der Waals surface area contributed by atoms with Gasteiger partial charge in [0.1, 0.15) is 0 Å². The third kappa shape index (κ3) is 4.02. The van der Waals surface area contributed by atoms with Crippen LogP contribution < -0.4 is 10.2 Å². The molecule has 0 aliphatic heterocycles. The first-order valence-electron chi connectivity index (χ1n) is 7.35. The maximum Gasteiger partial charge on any atom is 0.0366 e. The molecule has 0 saturated carbocycles. The lowest BCUT2D eigenvalue weighted by molar-refractivity contribution is 0.537. The molecule has 1 aromatic carbocycles. The van der Waals surface area contributed by atoms with Crippen LogP contribution in [0.5, 0.6) is 0 Å². The summed E-state index contributed by atoms with van der Waals surface area (Å²) in [5.41, 5.74) is 2.74. The van der Waals surface area contributed by atoms with Crippen molar-refractivity contribution in [2.75, 3.05) is 24.5 Å². The van der Waals surface area contributed by atoms with Crippen molar-refractivity contribution in [3.8, 4) is 0 Å². The van der Waals surface area contributed by atoms with Gasteiger partial charge in [-0.3, -0.25) is 0 Å². The fourth-order valence-electron chi connectivity index (χ4n) is 2.40. The molecule has 0 aromatic heterocycles. The molecule has 0 spiro atoms. The standard InChI is InChI=1S/C16H28N2/c1-5-13-18(8-4)15-11-9-14(10-12-15)16(6-2)17-7-3/h9-12,16-17H,5-8,13H2,1-4H3. The predicted octanol–water partition coefficient (Wildman–Crippen LogP) is 3.98. The lowest BCUT2D eigenvalue weighted by Crippen LogP contribution is -2.23. The van der Waals surface area contributed by atoms with Gasteiger partial charge in [0.2, 0.25) is 0 Å². The van der Waals surface area contributed by atoms with Crippen LogP contribution in [-0.4, -0.2) is 19.6 Å². The van der Waals surface area contributed by atoms with Gasteiger partial charge in [-0.1, -0.05) is 32.9 Å². The van der Waals surface area contributed by atoms with Gasteiger partial charge < -0.3 is 10.2 Å². The van der Waals surface area contributed by atoms with Gasteiger partial charge in [0.25, 0.3) is 0 Å². The number of nitrogens with zero attached hydrogens (tertiary/aromatic N) is 1. The zero-order valence-electron chi connectivity index (χ0n) is 12.4. The van der Waals surface area contributed by atoms with E-state index in [1.807, 2.05) is 0 Å². The summed E-state index contributed by atoms with van der Waals surface area (Å²) in [6.45, 7) is 12.1. The fraction of sp³-hybridized carbons (Fsp3) is 0.625. The van der Waals surface area contributed by atoms with E-state index in [1.165, 1.54) is 17.7 Å². The van der Waals surface area contributed by atoms with Gasteiger partial charge in [-0.15, -0.1) is 0 Å². The van der Waals surface area contributed by atoms with E-state index < -0.39 is 0 Å². The molecule has 1 atom stereocenters. The van der Waals surface area contributed by atoms with Gasteiger partial charge in [0.05, 0.1) is 0 Å². The Hall–Kier alpha value is -1.02. The molecular weight excluding hydrogens is 220 g/mol. The van der Waals surface area contributed by atoms with Crippen LogP contribution in [0, 0.1) is 0 Å². The summed E-state index contributed by atoms with van der Waals surface area (Å²) in [6, 6.07) is 9.54. The van der Waals surface area contributed by atoms with Gasteiger partial charge in [-0.05, 0) is 44.0 Å². The van der Waals surface area contributed by atoms with Crippen molar-refractivity contribution in [3.63, 3.8) is 0 Å². The van der Waals surface area contributed by atoms with E-state index in [1.54, 1.807) is 0 Å². The van der Waals surface area contributed by atoms with Crippen molar-refractivity contribution < 1.29 is 0 Å². The Labute approximate surface area is 112 Å². The molecule has 0 aliphatic carbocycles. The minimum atomic E-state index is 0.491. The number of benzene rings is 1. The summed E-state index contributed by atoms with van der Waals surface area (Å²) in [5.74, 6) is 0. The highest BCUT2D eigenvalue weighted by Gasteiger charge is 2.08. The summed E-state index contributed by atoms with van der Waals surface area (Å²) in [7, 11) is 0. The molecule has 1 unspecified atom stereocenters. The second kappa shape index (κ2) is 8.15. The number of nitrogens with one attached hydrogen (secondary N) is 1. The highest BCUT2D eigenvalue weighted by molar-refractivity contribution is 5.47. The van der Waals surface area contributed by atoms with Crippen LogP contribution in [0.25, 0.3) is 0 Å². The molecule has 0 aliphatic rings. The van der Waals surface area contributed by atoms with Crippen LogP contribution >= 0.6 is 0 Å². The first kappa shape index (κ1) is 15.0. The Morgan fingerprint density at radius 1 is 1.06 bits per heavy atom. The third-order valence-corrected chi connectivity index (χ3v) is 3.39. The van der Waals surface area contributed by atoms with E-state index in [0.717, 1.165) is 26.1 Å². The molecular formula is C16H28N2. The Kier molecular flexibility index (Phi) is 6.81. The van der Waals surface area contributed by atoms with E-state index in [4.69, 9.17) is 0 Å². The van der Waals surface area contributed by atoms with Gasteiger partial charge in [-0.2, -0.15) is 0 Å². The molecule has 1 rings (SSSR count). The fourth-order valence-corrected chi connectivity index (χ4v) is 2.40. The van der Waals surface area contributed by atoms with Crippen molar-refractivity contribution in [1.29, 1.82) is 0 Å². The summed E-state index contributed by atoms with van der Waals surface area (Å²) >= 11 is 0. The highest BCUT2D eigenvalue weighted by atomic mass is 15.1. The normalized spacial score (nSPS) is 12.4. The lowest BCUT2D eigenvalue weighted by atomic mass is 10.0. The molecule has 0 heterocycles. The van der Waals surface area contributed by atoms with E-state index in [-0.39, 0.29) is 0 Å². The van der Waals surface area contributed by atoms with Crippen LogP contribution in [0.3, 0.4) is 0 Å². The predicted molar refractivity (Wildman–Crippen MR) is 81.3 cm³/mol. The molecule has 2 nitrogen and oxygen atoms in total. The average Bonchev–Trinajstić information content (AvgIpc) is 2.42. The summed E-state index contributed by atoms with van der Waals surface area (Å²) in [5, 5.41) is 3.52. The van der Waals surface area contributed by atoms with E-state index in [2.05, 4.69) is 62.2 Å². The molecule has 18 heavy (non-hydrogen) atoms. The quantitative estimate of drug-likeness (QED) is 0.748. The highest BCUT2D eigenvalue weighted by Crippen LogP contribution is 2.21. The molecule has 102 valence electrons. The van der Waals surface area contributed by atoms with E-state index in [9.17, 15) is 0 Å². The van der Waals surface area contributed by atoms with Gasteiger partial charge in [0, 0.05) is 24.8 Å². The zero-order valence-corrected chi connectivity index (χ0v) is 12.4. The molecule has 0 amide bonds. The molecule has 0 bridgehead atoms. The van der Waals surface area contributed by atoms with E-state index >= 15 is 0 Å². The summed E-state index contributed by atoms with van der Waals surface area (Å²) in [6.07, 6.45) is 2.34. The van der Waals surface area contributed by atoms with Crippen molar-refractivity contribution in [3.05, 3.63) is 29.8 Å².